The lowest BCUT2D eigenvalue weighted by Gasteiger charge is -2.11. The zero-order valence-electron chi connectivity index (χ0n) is 17.9. The largest absolute Gasteiger partial charge is 0.416 e. The predicted octanol–water partition coefficient (Wildman–Crippen LogP) is 7.33. The van der Waals surface area contributed by atoms with Gasteiger partial charge in [-0.25, -0.2) is 4.99 Å². The van der Waals surface area contributed by atoms with Crippen LogP contribution in [-0.4, -0.2) is 4.57 Å². The standard InChI is InChI=1S/C26H23F3N2S/c1-18-11-12-21(15-19(18)2)24-17-32-25(31(24)14-13-20-7-4-3-5-8-20)30-23-10-6-9-22(16-23)26(27,28)29/h3-12,15-17H,13-14H2,1-2H3. The molecule has 0 N–H and O–H groups in total. The Morgan fingerprint density at radius 1 is 0.875 bits per heavy atom. The first kappa shape index (κ1) is 22.1. The monoisotopic (exact) mass is 452 g/mol. The smallest absolute Gasteiger partial charge is 0.316 e. The van der Waals surface area contributed by atoms with Crippen LogP contribution in [0.1, 0.15) is 22.3 Å². The van der Waals surface area contributed by atoms with Crippen molar-refractivity contribution in [3.8, 4) is 11.3 Å². The van der Waals surface area contributed by atoms with Crippen LogP contribution in [0.3, 0.4) is 0 Å². The Labute approximate surface area is 189 Å². The van der Waals surface area contributed by atoms with Gasteiger partial charge < -0.3 is 4.57 Å². The molecule has 0 amide bonds. The second-order valence-electron chi connectivity index (χ2n) is 7.75. The van der Waals surface area contributed by atoms with Crippen LogP contribution in [0.4, 0.5) is 18.9 Å². The van der Waals surface area contributed by atoms with Gasteiger partial charge in [-0.1, -0.05) is 48.5 Å². The summed E-state index contributed by atoms with van der Waals surface area (Å²) in [5.41, 5.74) is 5.29. The predicted molar refractivity (Wildman–Crippen MR) is 124 cm³/mol. The number of rotatable bonds is 5. The zero-order valence-corrected chi connectivity index (χ0v) is 18.7. The van der Waals surface area contributed by atoms with Crippen molar-refractivity contribution in [2.75, 3.05) is 0 Å². The van der Waals surface area contributed by atoms with E-state index >= 15 is 0 Å². The number of benzene rings is 3. The number of aromatic nitrogens is 1. The highest BCUT2D eigenvalue weighted by atomic mass is 32.1. The Bertz CT molecular complexity index is 1280. The Hall–Kier alpha value is -3.12. The third-order valence-corrected chi connectivity index (χ3v) is 6.33. The number of halogens is 3. The van der Waals surface area contributed by atoms with Gasteiger partial charge in [0.15, 0.2) is 4.80 Å². The summed E-state index contributed by atoms with van der Waals surface area (Å²) >= 11 is 1.44. The van der Waals surface area contributed by atoms with Gasteiger partial charge in [-0.05, 0) is 66.8 Å². The number of hydrogen-bond acceptors (Lipinski definition) is 2. The fourth-order valence-electron chi connectivity index (χ4n) is 3.51. The molecule has 6 heteroatoms. The molecule has 4 aromatic rings. The summed E-state index contributed by atoms with van der Waals surface area (Å²) in [6, 6.07) is 21.6. The van der Waals surface area contributed by atoms with E-state index in [1.54, 1.807) is 6.07 Å². The third-order valence-electron chi connectivity index (χ3n) is 5.47. The number of thiazole rings is 1. The third kappa shape index (κ3) is 5.02. The summed E-state index contributed by atoms with van der Waals surface area (Å²) in [6.45, 7) is 4.82. The normalized spacial score (nSPS) is 12.3. The Kier molecular flexibility index (Phi) is 6.33. The maximum atomic E-state index is 13.1. The average Bonchev–Trinajstić information content (AvgIpc) is 3.17. The molecule has 0 atom stereocenters. The molecule has 0 saturated heterocycles. The molecule has 0 bridgehead atoms. The van der Waals surface area contributed by atoms with Crippen molar-refractivity contribution in [3.05, 3.63) is 105 Å². The van der Waals surface area contributed by atoms with Gasteiger partial charge in [-0.3, -0.25) is 0 Å². The average molecular weight is 453 g/mol. The maximum absolute atomic E-state index is 13.1. The van der Waals surface area contributed by atoms with Gasteiger partial charge in [0.25, 0.3) is 0 Å². The molecular weight excluding hydrogens is 429 g/mol. The second kappa shape index (κ2) is 9.17. The summed E-state index contributed by atoms with van der Waals surface area (Å²) in [5.74, 6) is 0. The van der Waals surface area contributed by atoms with E-state index in [4.69, 9.17) is 0 Å². The second-order valence-corrected chi connectivity index (χ2v) is 8.59. The molecule has 0 saturated carbocycles. The van der Waals surface area contributed by atoms with E-state index in [9.17, 15) is 13.2 Å². The molecule has 0 aliphatic heterocycles. The molecule has 3 aromatic carbocycles. The highest BCUT2D eigenvalue weighted by molar-refractivity contribution is 7.07. The first-order valence-corrected chi connectivity index (χ1v) is 11.2. The number of hydrogen-bond donors (Lipinski definition) is 0. The molecule has 1 aromatic heterocycles. The van der Waals surface area contributed by atoms with Gasteiger partial charge in [-0.2, -0.15) is 13.2 Å². The topological polar surface area (TPSA) is 17.3 Å². The van der Waals surface area contributed by atoms with Gasteiger partial charge in [0.1, 0.15) is 0 Å². The molecule has 0 aliphatic carbocycles. The van der Waals surface area contributed by atoms with Gasteiger partial charge >= 0.3 is 6.18 Å². The summed E-state index contributed by atoms with van der Waals surface area (Å²) < 4.78 is 41.5. The molecular formula is C26H23F3N2S. The van der Waals surface area contributed by atoms with Gasteiger partial charge in [0.2, 0.25) is 0 Å². The molecule has 2 nitrogen and oxygen atoms in total. The molecule has 4 rings (SSSR count). The lowest BCUT2D eigenvalue weighted by atomic mass is 10.0. The SMILES string of the molecule is Cc1ccc(-c2csc(=Nc3cccc(C(F)(F)F)c3)n2CCc2ccccc2)cc1C. The quantitative estimate of drug-likeness (QED) is 0.302. The number of aryl methyl sites for hydroxylation is 3. The highest BCUT2D eigenvalue weighted by Crippen LogP contribution is 2.31. The van der Waals surface area contributed by atoms with Crippen LogP contribution in [-0.2, 0) is 19.1 Å². The fraction of sp³-hybridized carbons (Fsp3) is 0.192. The Morgan fingerprint density at radius 3 is 2.38 bits per heavy atom. The molecule has 0 fully saturated rings. The van der Waals surface area contributed by atoms with Crippen LogP contribution < -0.4 is 4.80 Å². The van der Waals surface area contributed by atoms with Crippen LogP contribution in [0.5, 0.6) is 0 Å². The van der Waals surface area contributed by atoms with E-state index < -0.39 is 11.7 Å². The van der Waals surface area contributed by atoms with Crippen LogP contribution in [0, 0.1) is 13.8 Å². The van der Waals surface area contributed by atoms with E-state index in [2.05, 4.69) is 53.7 Å². The molecule has 0 radical (unpaired) electrons. The van der Waals surface area contributed by atoms with Crippen LogP contribution in [0.15, 0.2) is 83.2 Å². The van der Waals surface area contributed by atoms with E-state index in [0.29, 0.717) is 17.0 Å². The number of nitrogens with zero attached hydrogens (tertiary/aromatic N) is 2. The van der Waals surface area contributed by atoms with Crippen LogP contribution in [0.25, 0.3) is 11.3 Å². The van der Waals surface area contributed by atoms with Crippen molar-refractivity contribution < 1.29 is 13.2 Å². The van der Waals surface area contributed by atoms with E-state index in [1.807, 2.05) is 23.6 Å². The first-order chi connectivity index (χ1) is 15.3. The fourth-order valence-corrected chi connectivity index (χ4v) is 4.47. The highest BCUT2D eigenvalue weighted by Gasteiger charge is 2.30. The van der Waals surface area contributed by atoms with Crippen molar-refractivity contribution >= 4 is 17.0 Å². The van der Waals surface area contributed by atoms with Crippen molar-refractivity contribution in [1.82, 2.24) is 4.57 Å². The van der Waals surface area contributed by atoms with Crippen molar-refractivity contribution in [3.63, 3.8) is 0 Å². The molecule has 0 unspecified atom stereocenters. The minimum atomic E-state index is -4.39. The number of alkyl halides is 3. The Balaban J connectivity index is 1.79. The molecule has 164 valence electrons. The minimum absolute atomic E-state index is 0.293. The van der Waals surface area contributed by atoms with Crippen molar-refractivity contribution in [2.45, 2.75) is 33.0 Å². The van der Waals surface area contributed by atoms with E-state index in [-0.39, 0.29) is 0 Å². The molecule has 32 heavy (non-hydrogen) atoms. The maximum Gasteiger partial charge on any atom is 0.416 e. The van der Waals surface area contributed by atoms with Crippen LogP contribution in [0.2, 0.25) is 0 Å². The van der Waals surface area contributed by atoms with Gasteiger partial charge in [0.05, 0.1) is 16.9 Å². The zero-order chi connectivity index (χ0) is 22.7. The molecule has 1 heterocycles. The minimum Gasteiger partial charge on any atom is -0.316 e. The van der Waals surface area contributed by atoms with E-state index in [0.717, 1.165) is 29.8 Å². The molecule has 0 spiro atoms. The lowest BCUT2D eigenvalue weighted by Crippen LogP contribution is -2.17. The van der Waals surface area contributed by atoms with Gasteiger partial charge in [-0.15, -0.1) is 11.3 Å². The molecule has 0 aliphatic rings. The van der Waals surface area contributed by atoms with Crippen LogP contribution >= 0.6 is 11.3 Å². The van der Waals surface area contributed by atoms with E-state index in [1.165, 1.54) is 34.1 Å². The summed E-state index contributed by atoms with van der Waals surface area (Å²) in [7, 11) is 0. The Morgan fingerprint density at radius 2 is 1.66 bits per heavy atom. The summed E-state index contributed by atoms with van der Waals surface area (Å²) in [6.07, 6.45) is -3.60. The van der Waals surface area contributed by atoms with Crippen molar-refractivity contribution in [1.29, 1.82) is 0 Å². The lowest BCUT2D eigenvalue weighted by molar-refractivity contribution is -0.137. The first-order valence-electron chi connectivity index (χ1n) is 10.3. The summed E-state index contributed by atoms with van der Waals surface area (Å²) in [4.78, 5) is 5.27. The summed E-state index contributed by atoms with van der Waals surface area (Å²) in [5, 5.41) is 2.03. The van der Waals surface area contributed by atoms with Crippen molar-refractivity contribution in [2.24, 2.45) is 4.99 Å². The van der Waals surface area contributed by atoms with Gasteiger partial charge in [0, 0.05) is 11.9 Å².